The minimum atomic E-state index is -1.74. The van der Waals surface area contributed by atoms with Gasteiger partial charge in [-0.3, -0.25) is 0 Å². The second-order valence-corrected chi connectivity index (χ2v) is 3.99. The summed E-state index contributed by atoms with van der Waals surface area (Å²) in [6, 6.07) is 8.59. The molecule has 1 aromatic rings. The summed E-state index contributed by atoms with van der Waals surface area (Å²) in [5.41, 5.74) is -1.28. The van der Waals surface area contributed by atoms with Crippen molar-refractivity contribution >= 4 is 18.4 Å². The van der Waals surface area contributed by atoms with E-state index in [4.69, 9.17) is 5.11 Å². The van der Waals surface area contributed by atoms with E-state index in [-0.39, 0.29) is 18.8 Å². The lowest BCUT2D eigenvalue weighted by atomic mass is 9.88. The van der Waals surface area contributed by atoms with Gasteiger partial charge in [0, 0.05) is 0 Å². The number of benzene rings is 1. The third kappa shape index (κ3) is 4.02. The van der Waals surface area contributed by atoms with Gasteiger partial charge in [-0.25, -0.2) is 4.79 Å². The lowest BCUT2D eigenvalue weighted by Gasteiger charge is -2.23. The van der Waals surface area contributed by atoms with Crippen molar-refractivity contribution in [3.8, 4) is 0 Å². The van der Waals surface area contributed by atoms with Crippen LogP contribution >= 0.6 is 12.4 Å². The van der Waals surface area contributed by atoms with Crippen LogP contribution in [0.15, 0.2) is 30.3 Å². The van der Waals surface area contributed by atoms with E-state index < -0.39 is 11.6 Å². The third-order valence-electron chi connectivity index (χ3n) is 2.75. The molecular formula is C13H19ClO3. The third-order valence-corrected chi connectivity index (χ3v) is 2.75. The fraction of sp³-hybridized carbons (Fsp3) is 0.462. The second-order valence-electron chi connectivity index (χ2n) is 3.99. The normalized spacial score (nSPS) is 13.5. The van der Waals surface area contributed by atoms with Crippen LogP contribution in [-0.2, 0) is 10.4 Å². The summed E-state index contributed by atoms with van der Waals surface area (Å²) >= 11 is 0. The van der Waals surface area contributed by atoms with Crippen LogP contribution in [0.3, 0.4) is 0 Å². The Morgan fingerprint density at radius 2 is 1.82 bits per heavy atom. The van der Waals surface area contributed by atoms with Gasteiger partial charge in [-0.1, -0.05) is 50.1 Å². The molecule has 17 heavy (non-hydrogen) atoms. The number of aliphatic hydroxyl groups is 1. The molecule has 0 fully saturated rings. The molecule has 2 N–H and O–H groups in total. The van der Waals surface area contributed by atoms with E-state index in [2.05, 4.69) is 0 Å². The number of hydrogen-bond donors (Lipinski definition) is 2. The summed E-state index contributed by atoms with van der Waals surface area (Å²) < 4.78 is 0. The number of aliphatic carboxylic acids is 1. The topological polar surface area (TPSA) is 57.5 Å². The van der Waals surface area contributed by atoms with Crippen molar-refractivity contribution in [2.24, 2.45) is 0 Å². The molecule has 0 saturated carbocycles. The number of hydrogen-bond acceptors (Lipinski definition) is 2. The molecular weight excluding hydrogens is 240 g/mol. The highest BCUT2D eigenvalue weighted by Crippen LogP contribution is 2.27. The molecule has 96 valence electrons. The zero-order chi connectivity index (χ0) is 12.0. The first-order valence-corrected chi connectivity index (χ1v) is 5.62. The number of carbonyl (C=O) groups is 1. The molecule has 0 aliphatic rings. The zero-order valence-electron chi connectivity index (χ0n) is 9.93. The fourth-order valence-electron chi connectivity index (χ4n) is 1.72. The summed E-state index contributed by atoms with van der Waals surface area (Å²) in [4.78, 5) is 11.2. The molecule has 0 spiro atoms. The summed E-state index contributed by atoms with van der Waals surface area (Å²) in [7, 11) is 0. The Balaban J connectivity index is 0.00000256. The molecule has 0 radical (unpaired) electrons. The Morgan fingerprint density at radius 3 is 2.29 bits per heavy atom. The SMILES string of the molecule is CCCCCC(O)(C(=O)O)c1ccccc1.Cl. The Hall–Kier alpha value is -1.06. The summed E-state index contributed by atoms with van der Waals surface area (Å²) in [5, 5.41) is 19.3. The summed E-state index contributed by atoms with van der Waals surface area (Å²) in [5.74, 6) is -1.17. The molecule has 0 aliphatic carbocycles. The Kier molecular flexibility index (Phi) is 6.85. The average Bonchev–Trinajstić information content (AvgIpc) is 2.30. The zero-order valence-corrected chi connectivity index (χ0v) is 10.7. The number of carboxylic acid groups (broad SMARTS) is 1. The number of unbranched alkanes of at least 4 members (excludes halogenated alkanes) is 2. The molecule has 1 aromatic carbocycles. The van der Waals surface area contributed by atoms with Crippen molar-refractivity contribution in [3.63, 3.8) is 0 Å². The maximum absolute atomic E-state index is 11.2. The van der Waals surface area contributed by atoms with Gasteiger partial charge in [0.1, 0.15) is 0 Å². The highest BCUT2D eigenvalue weighted by molar-refractivity contribution is 5.85. The molecule has 1 unspecified atom stereocenters. The van der Waals surface area contributed by atoms with Crippen LogP contribution in [0.1, 0.15) is 38.2 Å². The van der Waals surface area contributed by atoms with Crippen LogP contribution in [-0.4, -0.2) is 16.2 Å². The first-order valence-electron chi connectivity index (χ1n) is 5.62. The molecule has 0 amide bonds. The fourth-order valence-corrected chi connectivity index (χ4v) is 1.72. The van der Waals surface area contributed by atoms with Crippen LogP contribution < -0.4 is 0 Å². The first kappa shape index (κ1) is 15.9. The largest absolute Gasteiger partial charge is 0.479 e. The van der Waals surface area contributed by atoms with E-state index in [0.717, 1.165) is 12.8 Å². The van der Waals surface area contributed by atoms with E-state index >= 15 is 0 Å². The molecule has 4 heteroatoms. The van der Waals surface area contributed by atoms with Gasteiger partial charge in [-0.05, 0) is 18.4 Å². The van der Waals surface area contributed by atoms with Crippen molar-refractivity contribution in [2.45, 2.75) is 38.2 Å². The highest BCUT2D eigenvalue weighted by Gasteiger charge is 2.36. The summed E-state index contributed by atoms with van der Waals surface area (Å²) in [6.45, 7) is 2.04. The van der Waals surface area contributed by atoms with Crippen LogP contribution in [0.2, 0.25) is 0 Å². The maximum atomic E-state index is 11.2. The van der Waals surface area contributed by atoms with E-state index in [1.54, 1.807) is 30.3 Å². The number of halogens is 1. The lowest BCUT2D eigenvalue weighted by molar-refractivity contribution is -0.160. The second kappa shape index (κ2) is 7.30. The van der Waals surface area contributed by atoms with Crippen molar-refractivity contribution in [3.05, 3.63) is 35.9 Å². The van der Waals surface area contributed by atoms with Gasteiger partial charge in [0.2, 0.25) is 0 Å². The van der Waals surface area contributed by atoms with E-state index in [1.807, 2.05) is 6.92 Å². The predicted molar refractivity (Wildman–Crippen MR) is 69.4 cm³/mol. The maximum Gasteiger partial charge on any atom is 0.340 e. The Labute approximate surface area is 108 Å². The van der Waals surface area contributed by atoms with Crippen LogP contribution in [0.5, 0.6) is 0 Å². The standard InChI is InChI=1S/C13H18O3.ClH/c1-2-3-7-10-13(16,12(14)15)11-8-5-4-6-9-11;/h4-6,8-9,16H,2-3,7,10H2,1H3,(H,14,15);1H. The van der Waals surface area contributed by atoms with Crippen LogP contribution in [0.25, 0.3) is 0 Å². The van der Waals surface area contributed by atoms with Gasteiger partial charge >= 0.3 is 5.97 Å². The monoisotopic (exact) mass is 258 g/mol. The first-order chi connectivity index (χ1) is 7.61. The van der Waals surface area contributed by atoms with E-state index in [1.165, 1.54) is 0 Å². The molecule has 1 atom stereocenters. The van der Waals surface area contributed by atoms with Crippen molar-refractivity contribution in [1.29, 1.82) is 0 Å². The summed E-state index contributed by atoms with van der Waals surface area (Å²) in [6.07, 6.45) is 2.92. The predicted octanol–water partition coefficient (Wildman–Crippen LogP) is 2.96. The van der Waals surface area contributed by atoms with Crippen molar-refractivity contribution < 1.29 is 15.0 Å². The Bertz CT molecular complexity index is 340. The van der Waals surface area contributed by atoms with Gasteiger partial charge in [0.15, 0.2) is 5.60 Å². The van der Waals surface area contributed by atoms with Gasteiger partial charge in [-0.15, -0.1) is 12.4 Å². The van der Waals surface area contributed by atoms with E-state index in [9.17, 15) is 9.90 Å². The molecule has 0 aromatic heterocycles. The van der Waals surface area contributed by atoms with Crippen LogP contribution in [0, 0.1) is 0 Å². The molecule has 0 saturated heterocycles. The van der Waals surface area contributed by atoms with Crippen LogP contribution in [0.4, 0.5) is 0 Å². The average molecular weight is 259 g/mol. The van der Waals surface area contributed by atoms with Gasteiger partial charge in [-0.2, -0.15) is 0 Å². The lowest BCUT2D eigenvalue weighted by Crippen LogP contribution is -2.35. The molecule has 0 bridgehead atoms. The minimum Gasteiger partial charge on any atom is -0.479 e. The smallest absolute Gasteiger partial charge is 0.340 e. The quantitative estimate of drug-likeness (QED) is 0.772. The van der Waals surface area contributed by atoms with Crippen molar-refractivity contribution in [1.82, 2.24) is 0 Å². The van der Waals surface area contributed by atoms with Gasteiger partial charge < -0.3 is 10.2 Å². The Morgan fingerprint density at radius 1 is 1.24 bits per heavy atom. The minimum absolute atomic E-state index is 0. The van der Waals surface area contributed by atoms with E-state index in [0.29, 0.717) is 12.0 Å². The molecule has 3 nitrogen and oxygen atoms in total. The number of carboxylic acids is 1. The highest BCUT2D eigenvalue weighted by atomic mass is 35.5. The number of rotatable bonds is 6. The molecule has 1 rings (SSSR count). The molecule has 0 heterocycles. The van der Waals surface area contributed by atoms with Crippen molar-refractivity contribution in [2.75, 3.05) is 0 Å². The molecule has 0 aliphatic heterocycles. The van der Waals surface area contributed by atoms with Gasteiger partial charge in [0.05, 0.1) is 0 Å². The van der Waals surface area contributed by atoms with Gasteiger partial charge in [0.25, 0.3) is 0 Å².